The number of hydrogen-bond acceptors (Lipinski definition) is 10. The van der Waals surface area contributed by atoms with Crippen molar-refractivity contribution < 1.29 is 54.9 Å². The molecular formula is C36H27BrF4N4O8. The van der Waals surface area contributed by atoms with Crippen molar-refractivity contribution in [3.8, 4) is 45.5 Å². The Morgan fingerprint density at radius 2 is 1.15 bits per heavy atom. The molecule has 0 spiro atoms. The van der Waals surface area contributed by atoms with E-state index in [2.05, 4.69) is 25.9 Å². The molecule has 0 aliphatic heterocycles. The number of halogens is 5. The van der Waals surface area contributed by atoms with E-state index in [1.54, 1.807) is 62.8 Å². The number of nitrogens with two attached hydrogens (primary N) is 2. The van der Waals surface area contributed by atoms with E-state index in [-0.39, 0.29) is 36.5 Å². The third-order valence-corrected chi connectivity index (χ3v) is 7.77. The highest BCUT2D eigenvalue weighted by Crippen LogP contribution is 2.31. The average Bonchev–Trinajstić information content (AvgIpc) is 3.77. The second-order valence-electron chi connectivity index (χ2n) is 10.6. The lowest BCUT2D eigenvalue weighted by Crippen LogP contribution is -2.16. The first-order valence-electron chi connectivity index (χ1n) is 15.1. The van der Waals surface area contributed by atoms with Crippen LogP contribution in [0.25, 0.3) is 22.5 Å². The van der Waals surface area contributed by atoms with Crippen LogP contribution >= 0.6 is 15.9 Å². The van der Waals surface area contributed by atoms with Crippen LogP contribution in [0.2, 0.25) is 0 Å². The van der Waals surface area contributed by atoms with Gasteiger partial charge in [-0.2, -0.15) is 0 Å². The standard InChI is InChI=1S/C18H13BrF2N2O4.C18H14F2N2O4/c1-25-10-4-2-9(3-5-10)16-17(19)27-13(23-16)8-26-12-7-6-11(20)14(15(12)21)18(22)24;1-24-11-4-2-10(3-5-11)13-8-26-15(22-13)9-25-14-7-6-12(19)16(17(14)20)18(21)23/h2-7H,8H2,1H3,(H2,22,24);2-8H,9H2,1H3,(H2,21,23). The Bertz CT molecular complexity index is 2250. The highest BCUT2D eigenvalue weighted by atomic mass is 79.9. The minimum atomic E-state index is -1.23. The molecule has 53 heavy (non-hydrogen) atoms. The van der Waals surface area contributed by atoms with Gasteiger partial charge in [-0.25, -0.2) is 27.5 Å². The van der Waals surface area contributed by atoms with Gasteiger partial charge in [-0.1, -0.05) is 0 Å². The van der Waals surface area contributed by atoms with Crippen LogP contribution in [0.1, 0.15) is 32.5 Å². The normalized spacial score (nSPS) is 10.6. The monoisotopic (exact) mass is 798 g/mol. The van der Waals surface area contributed by atoms with Crippen LogP contribution < -0.4 is 30.4 Å². The molecule has 4 aromatic carbocycles. The van der Waals surface area contributed by atoms with Gasteiger partial charge in [0.15, 0.2) is 41.0 Å². The maximum absolute atomic E-state index is 14.2. The van der Waals surface area contributed by atoms with Crippen LogP contribution in [-0.2, 0) is 13.2 Å². The molecule has 0 radical (unpaired) electrons. The van der Waals surface area contributed by atoms with Gasteiger partial charge in [-0.15, -0.1) is 0 Å². The number of primary amides is 2. The molecule has 0 aliphatic rings. The molecule has 0 saturated carbocycles. The number of methoxy groups -OCH3 is 2. The molecule has 4 N–H and O–H groups in total. The number of benzene rings is 4. The van der Waals surface area contributed by atoms with Gasteiger partial charge in [0.2, 0.25) is 11.8 Å². The summed E-state index contributed by atoms with van der Waals surface area (Å²) in [6.07, 6.45) is 1.43. The number of nitrogens with zero attached hydrogens (tertiary/aromatic N) is 2. The van der Waals surface area contributed by atoms with Gasteiger partial charge in [0.05, 0.1) is 14.2 Å². The molecule has 6 aromatic rings. The number of hydrogen-bond donors (Lipinski definition) is 2. The van der Waals surface area contributed by atoms with Crippen LogP contribution in [0.3, 0.4) is 0 Å². The third kappa shape index (κ3) is 8.93. The first kappa shape index (κ1) is 37.9. The Balaban J connectivity index is 0.000000204. The van der Waals surface area contributed by atoms with Crippen molar-refractivity contribution in [2.24, 2.45) is 11.5 Å². The summed E-state index contributed by atoms with van der Waals surface area (Å²) < 4.78 is 87.0. The lowest BCUT2D eigenvalue weighted by molar-refractivity contribution is 0.0982. The zero-order chi connectivity index (χ0) is 38.2. The first-order chi connectivity index (χ1) is 25.4. The molecule has 0 unspecified atom stereocenters. The largest absolute Gasteiger partial charge is 0.497 e. The second kappa shape index (κ2) is 16.8. The summed E-state index contributed by atoms with van der Waals surface area (Å²) >= 11 is 3.27. The van der Waals surface area contributed by atoms with Crippen molar-refractivity contribution >= 4 is 27.7 Å². The predicted molar refractivity (Wildman–Crippen MR) is 183 cm³/mol. The van der Waals surface area contributed by atoms with Crippen LogP contribution in [0.4, 0.5) is 17.6 Å². The Labute approximate surface area is 306 Å². The predicted octanol–water partition coefficient (Wildman–Crippen LogP) is 7.38. The van der Waals surface area contributed by atoms with E-state index in [4.69, 9.17) is 39.2 Å². The summed E-state index contributed by atoms with van der Waals surface area (Å²) in [6.45, 7) is -0.452. The van der Waals surface area contributed by atoms with Crippen LogP contribution in [0.15, 0.2) is 92.6 Å². The van der Waals surface area contributed by atoms with E-state index in [1.807, 2.05) is 0 Å². The smallest absolute Gasteiger partial charge is 0.254 e. The molecule has 17 heteroatoms. The first-order valence-corrected chi connectivity index (χ1v) is 15.9. The maximum Gasteiger partial charge on any atom is 0.254 e. The molecule has 6 rings (SSSR count). The number of amides is 2. The highest BCUT2D eigenvalue weighted by molar-refractivity contribution is 9.10. The zero-order valence-electron chi connectivity index (χ0n) is 27.6. The van der Waals surface area contributed by atoms with E-state index in [1.165, 1.54) is 6.26 Å². The van der Waals surface area contributed by atoms with Crippen molar-refractivity contribution in [1.29, 1.82) is 0 Å². The van der Waals surface area contributed by atoms with Crippen molar-refractivity contribution in [1.82, 2.24) is 9.97 Å². The van der Waals surface area contributed by atoms with Gasteiger partial charge in [-0.05, 0) is 88.7 Å². The summed E-state index contributed by atoms with van der Waals surface area (Å²) in [5.74, 6) is -5.85. The molecule has 12 nitrogen and oxygen atoms in total. The molecule has 0 aliphatic carbocycles. The molecule has 2 aromatic heterocycles. The number of rotatable bonds is 12. The van der Waals surface area contributed by atoms with Gasteiger partial charge in [0.25, 0.3) is 11.8 Å². The summed E-state index contributed by atoms with van der Waals surface area (Å²) in [4.78, 5) is 30.8. The molecule has 274 valence electrons. The van der Waals surface area contributed by atoms with Gasteiger partial charge in [-0.3, -0.25) is 9.59 Å². The molecule has 0 fully saturated rings. The summed E-state index contributed by atoms with van der Waals surface area (Å²) in [5.41, 5.74) is 10.9. The summed E-state index contributed by atoms with van der Waals surface area (Å²) in [5, 5.41) is 0. The second-order valence-corrected chi connectivity index (χ2v) is 11.3. The quantitative estimate of drug-likeness (QED) is 0.119. The lowest BCUT2D eigenvalue weighted by atomic mass is 10.1. The minimum absolute atomic E-state index is 0.150. The zero-order valence-corrected chi connectivity index (χ0v) is 29.2. The van der Waals surface area contributed by atoms with Gasteiger partial charge in [0.1, 0.15) is 51.9 Å². The fourth-order valence-corrected chi connectivity index (χ4v) is 5.13. The van der Waals surface area contributed by atoms with Crippen molar-refractivity contribution in [3.05, 3.63) is 130 Å². The van der Waals surface area contributed by atoms with Crippen LogP contribution in [-0.4, -0.2) is 36.0 Å². The average molecular weight is 800 g/mol. The maximum atomic E-state index is 14.2. The van der Waals surface area contributed by atoms with Crippen LogP contribution in [0, 0.1) is 23.3 Å². The number of carbonyl (C=O) groups is 2. The molecular weight excluding hydrogens is 772 g/mol. The number of oxazole rings is 2. The Kier molecular flexibility index (Phi) is 12.0. The number of carbonyl (C=O) groups excluding carboxylic acids is 2. The van der Waals surface area contributed by atoms with Crippen molar-refractivity contribution in [3.63, 3.8) is 0 Å². The molecule has 0 bridgehead atoms. The number of ether oxygens (including phenoxy) is 4. The summed E-state index contributed by atoms with van der Waals surface area (Å²) in [6, 6.07) is 18.2. The lowest BCUT2D eigenvalue weighted by Gasteiger charge is -2.08. The molecule has 0 atom stereocenters. The van der Waals surface area contributed by atoms with Gasteiger partial charge in [0, 0.05) is 11.1 Å². The van der Waals surface area contributed by atoms with Gasteiger partial charge < -0.3 is 39.2 Å². The van der Waals surface area contributed by atoms with Gasteiger partial charge >= 0.3 is 0 Å². The van der Waals surface area contributed by atoms with E-state index < -0.39 is 46.2 Å². The Morgan fingerprint density at radius 1 is 0.679 bits per heavy atom. The Hall–Kier alpha value is -6.36. The SMILES string of the molecule is COc1ccc(-c2coc(COc3ccc(F)c(C(N)=O)c3F)n2)cc1.COc1ccc(-c2nc(COc3ccc(F)c(C(N)=O)c3F)oc2Br)cc1. The van der Waals surface area contributed by atoms with E-state index >= 15 is 0 Å². The highest BCUT2D eigenvalue weighted by Gasteiger charge is 2.22. The van der Waals surface area contributed by atoms with Crippen LogP contribution in [0.5, 0.6) is 23.0 Å². The number of aromatic nitrogens is 2. The fourth-order valence-electron chi connectivity index (χ4n) is 4.62. The fraction of sp³-hybridized carbons (Fsp3) is 0.111. The summed E-state index contributed by atoms with van der Waals surface area (Å²) in [7, 11) is 3.13. The third-order valence-electron chi connectivity index (χ3n) is 7.24. The molecule has 0 saturated heterocycles. The van der Waals surface area contributed by atoms with Crippen molar-refractivity contribution in [2.45, 2.75) is 13.2 Å². The Morgan fingerprint density at radius 3 is 1.62 bits per heavy atom. The molecule has 2 amide bonds. The van der Waals surface area contributed by atoms with E-state index in [0.29, 0.717) is 27.6 Å². The molecule has 2 heterocycles. The topological polar surface area (TPSA) is 175 Å². The van der Waals surface area contributed by atoms with E-state index in [0.717, 1.165) is 35.4 Å². The van der Waals surface area contributed by atoms with Crippen molar-refractivity contribution in [2.75, 3.05) is 14.2 Å². The minimum Gasteiger partial charge on any atom is -0.497 e. The van der Waals surface area contributed by atoms with E-state index in [9.17, 15) is 27.2 Å².